The lowest BCUT2D eigenvalue weighted by Crippen LogP contribution is -1.96. The molecule has 0 aliphatic rings. The zero-order valence-corrected chi connectivity index (χ0v) is 13.0. The Balaban J connectivity index is 2.19. The van der Waals surface area contributed by atoms with Gasteiger partial charge in [0.2, 0.25) is 0 Å². The normalized spacial score (nSPS) is 11.4. The first-order valence-corrected chi connectivity index (χ1v) is 7.46. The van der Waals surface area contributed by atoms with Crippen molar-refractivity contribution >= 4 is 23.6 Å². The van der Waals surface area contributed by atoms with Crippen molar-refractivity contribution in [3.05, 3.63) is 28.9 Å². The third-order valence-corrected chi connectivity index (χ3v) is 4.46. The van der Waals surface area contributed by atoms with Crippen LogP contribution in [0.1, 0.15) is 25.5 Å². The van der Waals surface area contributed by atoms with Gasteiger partial charge in [0.1, 0.15) is 0 Å². The van der Waals surface area contributed by atoms with Gasteiger partial charge in [0.15, 0.2) is 21.4 Å². The standard InChI is InChI=1S/C13H14N4OS2/c1-7(2)9-10(11-15-16-13(19)17(11)3)20-12(14-9)8-5-4-6-18-8/h4-7H,1-3H3,(H,16,19). The number of nitrogens with one attached hydrogen (secondary N) is 1. The quantitative estimate of drug-likeness (QED) is 0.743. The van der Waals surface area contributed by atoms with Gasteiger partial charge in [-0.25, -0.2) is 4.98 Å². The first-order valence-electron chi connectivity index (χ1n) is 6.24. The van der Waals surface area contributed by atoms with Crippen molar-refractivity contribution < 1.29 is 4.42 Å². The Hall–Kier alpha value is -1.73. The predicted octanol–water partition coefficient (Wildman–Crippen LogP) is 3.98. The smallest absolute Gasteiger partial charge is 0.195 e. The molecule has 0 bridgehead atoms. The van der Waals surface area contributed by atoms with Crippen molar-refractivity contribution in [2.45, 2.75) is 19.8 Å². The van der Waals surface area contributed by atoms with E-state index in [2.05, 4.69) is 24.0 Å². The number of thiazole rings is 1. The van der Waals surface area contributed by atoms with E-state index in [4.69, 9.17) is 21.6 Å². The molecule has 7 heteroatoms. The Morgan fingerprint density at radius 3 is 2.80 bits per heavy atom. The molecule has 3 rings (SSSR count). The van der Waals surface area contributed by atoms with Crippen molar-refractivity contribution in [3.63, 3.8) is 0 Å². The summed E-state index contributed by atoms with van der Waals surface area (Å²) in [5, 5.41) is 7.99. The molecule has 0 fully saturated rings. The number of aromatic amines is 1. The molecule has 0 aliphatic heterocycles. The van der Waals surface area contributed by atoms with Crippen LogP contribution in [-0.4, -0.2) is 19.7 Å². The molecule has 0 spiro atoms. The second-order valence-corrected chi connectivity index (χ2v) is 6.16. The summed E-state index contributed by atoms with van der Waals surface area (Å²) in [6.07, 6.45) is 1.65. The highest BCUT2D eigenvalue weighted by molar-refractivity contribution is 7.71. The van der Waals surface area contributed by atoms with E-state index in [0.717, 1.165) is 27.2 Å². The molecule has 0 saturated heterocycles. The molecule has 0 saturated carbocycles. The Morgan fingerprint density at radius 2 is 2.25 bits per heavy atom. The summed E-state index contributed by atoms with van der Waals surface area (Å²) in [5.41, 5.74) is 1.01. The van der Waals surface area contributed by atoms with Crippen LogP contribution in [-0.2, 0) is 7.05 Å². The molecule has 0 aromatic carbocycles. The second kappa shape index (κ2) is 4.99. The first kappa shape index (κ1) is 13.3. The van der Waals surface area contributed by atoms with Crippen LogP contribution in [0.25, 0.3) is 21.5 Å². The fourth-order valence-corrected chi connectivity index (χ4v) is 3.29. The molecule has 0 atom stereocenters. The molecule has 3 aromatic rings. The number of H-pyrrole nitrogens is 1. The van der Waals surface area contributed by atoms with E-state index in [9.17, 15) is 0 Å². The van der Waals surface area contributed by atoms with Crippen LogP contribution in [0.3, 0.4) is 0 Å². The van der Waals surface area contributed by atoms with Crippen LogP contribution in [0.15, 0.2) is 22.8 Å². The summed E-state index contributed by atoms with van der Waals surface area (Å²) in [4.78, 5) is 5.73. The zero-order chi connectivity index (χ0) is 14.3. The molecule has 0 amide bonds. The molecule has 104 valence electrons. The summed E-state index contributed by atoms with van der Waals surface area (Å²) in [6.45, 7) is 4.23. The highest BCUT2D eigenvalue weighted by atomic mass is 32.1. The van der Waals surface area contributed by atoms with Gasteiger partial charge in [-0.3, -0.25) is 5.10 Å². The van der Waals surface area contributed by atoms with Crippen LogP contribution in [0, 0.1) is 4.77 Å². The highest BCUT2D eigenvalue weighted by Gasteiger charge is 2.21. The number of rotatable bonds is 3. The molecule has 5 nitrogen and oxygen atoms in total. The van der Waals surface area contributed by atoms with Crippen molar-refractivity contribution in [2.24, 2.45) is 7.05 Å². The Labute approximate surface area is 125 Å². The maximum absolute atomic E-state index is 5.43. The summed E-state index contributed by atoms with van der Waals surface area (Å²) in [7, 11) is 1.90. The molecule has 1 N–H and O–H groups in total. The highest BCUT2D eigenvalue weighted by Crippen LogP contribution is 2.37. The molecular weight excluding hydrogens is 292 g/mol. The van der Waals surface area contributed by atoms with Crippen LogP contribution in [0.2, 0.25) is 0 Å². The first-order chi connectivity index (χ1) is 9.58. The summed E-state index contributed by atoms with van der Waals surface area (Å²) in [5.74, 6) is 1.89. The third kappa shape index (κ3) is 2.12. The molecule has 3 aromatic heterocycles. The average molecular weight is 306 g/mol. The number of nitrogens with zero attached hydrogens (tertiary/aromatic N) is 3. The van der Waals surface area contributed by atoms with Gasteiger partial charge in [0.05, 0.1) is 16.8 Å². The van der Waals surface area contributed by atoms with Gasteiger partial charge in [0.25, 0.3) is 0 Å². The summed E-state index contributed by atoms with van der Waals surface area (Å²) < 4.78 is 7.89. The zero-order valence-electron chi connectivity index (χ0n) is 11.4. The summed E-state index contributed by atoms with van der Waals surface area (Å²) >= 11 is 6.75. The third-order valence-electron chi connectivity index (χ3n) is 3.02. The van der Waals surface area contributed by atoms with Crippen molar-refractivity contribution in [2.75, 3.05) is 0 Å². The van der Waals surface area contributed by atoms with Crippen LogP contribution in [0.5, 0.6) is 0 Å². The Bertz CT molecular complexity index is 780. The van der Waals surface area contributed by atoms with E-state index in [-0.39, 0.29) is 0 Å². The summed E-state index contributed by atoms with van der Waals surface area (Å²) in [6, 6.07) is 3.77. The Morgan fingerprint density at radius 1 is 1.45 bits per heavy atom. The van der Waals surface area contributed by atoms with Crippen molar-refractivity contribution in [1.29, 1.82) is 0 Å². The van der Waals surface area contributed by atoms with Gasteiger partial charge in [-0.1, -0.05) is 13.8 Å². The van der Waals surface area contributed by atoms with E-state index in [1.165, 1.54) is 0 Å². The molecule has 3 heterocycles. The predicted molar refractivity (Wildman–Crippen MR) is 81.3 cm³/mol. The van der Waals surface area contributed by atoms with E-state index < -0.39 is 0 Å². The van der Waals surface area contributed by atoms with Gasteiger partial charge in [0, 0.05) is 7.05 Å². The van der Waals surface area contributed by atoms with Crippen LogP contribution < -0.4 is 0 Å². The van der Waals surface area contributed by atoms with Crippen LogP contribution >= 0.6 is 23.6 Å². The van der Waals surface area contributed by atoms with Crippen LogP contribution in [0.4, 0.5) is 0 Å². The molecule has 20 heavy (non-hydrogen) atoms. The SMILES string of the molecule is CC(C)c1nc(-c2ccco2)sc1-c1n[nH]c(=S)n1C. The second-order valence-electron chi connectivity index (χ2n) is 4.78. The van der Waals surface area contributed by atoms with E-state index in [1.54, 1.807) is 17.6 Å². The number of furan rings is 1. The minimum absolute atomic E-state index is 0.301. The van der Waals surface area contributed by atoms with Gasteiger partial charge >= 0.3 is 0 Å². The van der Waals surface area contributed by atoms with Gasteiger partial charge in [-0.2, -0.15) is 5.10 Å². The maximum atomic E-state index is 5.43. The molecular formula is C13H14N4OS2. The average Bonchev–Trinajstić information content (AvgIpc) is 3.10. The van der Waals surface area contributed by atoms with E-state index in [0.29, 0.717) is 10.7 Å². The van der Waals surface area contributed by atoms with E-state index in [1.807, 2.05) is 23.7 Å². The fourth-order valence-electron chi connectivity index (χ4n) is 1.94. The Kier molecular flexibility index (Phi) is 3.31. The lowest BCUT2D eigenvalue weighted by Gasteiger charge is -2.03. The van der Waals surface area contributed by atoms with E-state index >= 15 is 0 Å². The monoisotopic (exact) mass is 306 g/mol. The molecule has 0 aliphatic carbocycles. The lowest BCUT2D eigenvalue weighted by molar-refractivity contribution is 0.581. The molecule has 0 unspecified atom stereocenters. The van der Waals surface area contributed by atoms with Crippen molar-refractivity contribution in [1.82, 2.24) is 19.7 Å². The van der Waals surface area contributed by atoms with Crippen molar-refractivity contribution in [3.8, 4) is 21.5 Å². The van der Waals surface area contributed by atoms with Gasteiger partial charge in [-0.15, -0.1) is 11.3 Å². The fraction of sp³-hybridized carbons (Fsp3) is 0.308. The lowest BCUT2D eigenvalue weighted by atomic mass is 10.1. The topological polar surface area (TPSA) is 59.6 Å². The number of hydrogen-bond donors (Lipinski definition) is 1. The molecule has 0 radical (unpaired) electrons. The minimum Gasteiger partial charge on any atom is -0.462 e. The van der Waals surface area contributed by atoms with Gasteiger partial charge in [-0.05, 0) is 30.3 Å². The largest absolute Gasteiger partial charge is 0.462 e. The minimum atomic E-state index is 0.301. The maximum Gasteiger partial charge on any atom is 0.195 e. The number of aromatic nitrogens is 4. The van der Waals surface area contributed by atoms with Gasteiger partial charge < -0.3 is 8.98 Å². The number of hydrogen-bond acceptors (Lipinski definition) is 5.